The monoisotopic (exact) mass is 264 g/mol. The quantitative estimate of drug-likeness (QED) is 0.561. The highest BCUT2D eigenvalue weighted by Gasteiger charge is 2.13. The Morgan fingerprint density at radius 1 is 1.05 bits per heavy atom. The molecule has 3 aromatic rings. The smallest absolute Gasteiger partial charge is 0.0772 e. The van der Waals surface area contributed by atoms with E-state index in [2.05, 4.69) is 51.8 Å². The second kappa shape index (κ2) is 5.77. The zero-order valence-electron chi connectivity index (χ0n) is 11.0. The number of fused-ring (bicyclic) bond motifs is 1. The summed E-state index contributed by atoms with van der Waals surface area (Å²) >= 11 is 0. The van der Waals surface area contributed by atoms with Gasteiger partial charge in [0.25, 0.3) is 0 Å². The number of hydrogen-bond acceptors (Lipinski definition) is 4. The molecule has 2 aromatic carbocycles. The average molecular weight is 264 g/mol. The maximum atomic E-state index is 5.68. The number of nitrogens with two attached hydrogens (primary N) is 1. The minimum atomic E-state index is -0.0468. The van der Waals surface area contributed by atoms with Crippen LogP contribution >= 0.6 is 0 Å². The van der Waals surface area contributed by atoms with E-state index in [4.69, 9.17) is 5.84 Å². The molecule has 4 nitrogen and oxygen atoms in total. The molecule has 1 heterocycles. The molecule has 3 rings (SSSR count). The Kier molecular flexibility index (Phi) is 3.67. The van der Waals surface area contributed by atoms with Crippen molar-refractivity contribution < 1.29 is 0 Å². The summed E-state index contributed by atoms with van der Waals surface area (Å²) in [5.41, 5.74) is 4.93. The van der Waals surface area contributed by atoms with E-state index < -0.39 is 0 Å². The van der Waals surface area contributed by atoms with Crippen molar-refractivity contribution in [2.24, 2.45) is 5.84 Å². The van der Waals surface area contributed by atoms with Crippen LogP contribution in [-0.4, -0.2) is 9.97 Å². The van der Waals surface area contributed by atoms with Gasteiger partial charge in [0, 0.05) is 12.4 Å². The molecule has 20 heavy (non-hydrogen) atoms. The van der Waals surface area contributed by atoms with Crippen LogP contribution in [-0.2, 0) is 6.42 Å². The number of aromatic nitrogens is 2. The number of hydrazine groups is 1. The molecule has 3 N–H and O–H groups in total. The Hall–Kier alpha value is -2.30. The Morgan fingerprint density at radius 2 is 1.90 bits per heavy atom. The fourth-order valence-corrected chi connectivity index (χ4v) is 2.43. The molecule has 1 aromatic heterocycles. The fraction of sp³-hybridized carbons (Fsp3) is 0.125. The van der Waals surface area contributed by atoms with Gasteiger partial charge < -0.3 is 0 Å². The summed E-state index contributed by atoms with van der Waals surface area (Å²) in [6.45, 7) is 0. The predicted octanol–water partition coefficient (Wildman–Crippen LogP) is 2.38. The minimum Gasteiger partial charge on any atom is -0.271 e. The zero-order valence-corrected chi connectivity index (χ0v) is 11.0. The lowest BCUT2D eigenvalue weighted by atomic mass is 9.98. The van der Waals surface area contributed by atoms with Crippen molar-refractivity contribution in [3.8, 4) is 0 Å². The van der Waals surface area contributed by atoms with Gasteiger partial charge in [0.05, 0.1) is 17.9 Å². The number of nitrogens with one attached hydrogen (secondary N) is 1. The number of rotatable bonds is 4. The van der Waals surface area contributed by atoms with Crippen LogP contribution in [0.1, 0.15) is 17.3 Å². The lowest BCUT2D eigenvalue weighted by molar-refractivity contribution is 0.537. The first kappa shape index (κ1) is 12.7. The molecular weight excluding hydrogens is 248 g/mol. The molecule has 0 radical (unpaired) electrons. The van der Waals surface area contributed by atoms with E-state index in [0.29, 0.717) is 0 Å². The van der Waals surface area contributed by atoms with Gasteiger partial charge in [-0.3, -0.25) is 21.2 Å². The fourth-order valence-electron chi connectivity index (χ4n) is 2.43. The average Bonchev–Trinajstić information content (AvgIpc) is 2.53. The van der Waals surface area contributed by atoms with Gasteiger partial charge in [0.2, 0.25) is 0 Å². The Labute approximate surface area is 117 Å². The van der Waals surface area contributed by atoms with E-state index in [0.717, 1.165) is 12.1 Å². The molecule has 0 aliphatic heterocycles. The first-order valence-corrected chi connectivity index (χ1v) is 6.57. The van der Waals surface area contributed by atoms with Crippen molar-refractivity contribution in [1.82, 2.24) is 15.4 Å². The SMILES string of the molecule is NNC(Cc1cccc2ccccc12)c1cnccn1. The van der Waals surface area contributed by atoms with Crippen molar-refractivity contribution in [2.45, 2.75) is 12.5 Å². The molecule has 0 bridgehead atoms. The third kappa shape index (κ3) is 2.52. The maximum Gasteiger partial charge on any atom is 0.0772 e. The van der Waals surface area contributed by atoms with Gasteiger partial charge in [0.15, 0.2) is 0 Å². The second-order valence-corrected chi connectivity index (χ2v) is 4.69. The maximum absolute atomic E-state index is 5.68. The third-order valence-corrected chi connectivity index (χ3v) is 3.45. The third-order valence-electron chi connectivity index (χ3n) is 3.45. The van der Waals surface area contributed by atoms with Crippen LogP contribution in [0.15, 0.2) is 61.1 Å². The molecule has 0 saturated carbocycles. The van der Waals surface area contributed by atoms with Crippen molar-refractivity contribution in [3.05, 3.63) is 72.3 Å². The van der Waals surface area contributed by atoms with Crippen LogP contribution < -0.4 is 11.3 Å². The van der Waals surface area contributed by atoms with E-state index in [9.17, 15) is 0 Å². The first-order chi connectivity index (χ1) is 9.88. The van der Waals surface area contributed by atoms with Crippen LogP contribution in [0, 0.1) is 0 Å². The topological polar surface area (TPSA) is 63.8 Å². The molecule has 0 spiro atoms. The van der Waals surface area contributed by atoms with Crippen molar-refractivity contribution in [3.63, 3.8) is 0 Å². The molecule has 1 atom stereocenters. The molecule has 0 fully saturated rings. The van der Waals surface area contributed by atoms with Gasteiger partial charge in [-0.15, -0.1) is 0 Å². The predicted molar refractivity (Wildman–Crippen MR) is 79.7 cm³/mol. The van der Waals surface area contributed by atoms with Crippen LogP contribution in [0.3, 0.4) is 0 Å². The highest BCUT2D eigenvalue weighted by atomic mass is 15.2. The number of benzene rings is 2. The van der Waals surface area contributed by atoms with E-state index >= 15 is 0 Å². The lowest BCUT2D eigenvalue weighted by Crippen LogP contribution is -2.30. The molecule has 0 saturated heterocycles. The zero-order chi connectivity index (χ0) is 13.8. The normalized spacial score (nSPS) is 12.4. The molecule has 4 heteroatoms. The van der Waals surface area contributed by atoms with E-state index in [1.165, 1.54) is 16.3 Å². The van der Waals surface area contributed by atoms with Gasteiger partial charge in [-0.05, 0) is 22.8 Å². The Balaban J connectivity index is 1.96. The van der Waals surface area contributed by atoms with Crippen LogP contribution in [0.25, 0.3) is 10.8 Å². The summed E-state index contributed by atoms with van der Waals surface area (Å²) in [6.07, 6.45) is 5.87. The van der Waals surface area contributed by atoms with Gasteiger partial charge >= 0.3 is 0 Å². The molecule has 0 amide bonds. The summed E-state index contributed by atoms with van der Waals surface area (Å²) < 4.78 is 0. The van der Waals surface area contributed by atoms with Gasteiger partial charge in [-0.1, -0.05) is 42.5 Å². The van der Waals surface area contributed by atoms with E-state index in [-0.39, 0.29) is 6.04 Å². The minimum absolute atomic E-state index is 0.0468. The van der Waals surface area contributed by atoms with Gasteiger partial charge in [-0.2, -0.15) is 0 Å². The molecule has 1 unspecified atom stereocenters. The van der Waals surface area contributed by atoms with Crippen LogP contribution in [0.5, 0.6) is 0 Å². The van der Waals surface area contributed by atoms with E-state index in [1.807, 2.05) is 6.07 Å². The number of hydrogen-bond donors (Lipinski definition) is 2. The summed E-state index contributed by atoms with van der Waals surface area (Å²) in [4.78, 5) is 8.42. The molecule has 100 valence electrons. The Bertz CT molecular complexity index is 692. The van der Waals surface area contributed by atoms with Crippen LogP contribution in [0.4, 0.5) is 0 Å². The highest BCUT2D eigenvalue weighted by molar-refractivity contribution is 5.85. The molecule has 0 aliphatic rings. The second-order valence-electron chi connectivity index (χ2n) is 4.69. The molecule has 0 aliphatic carbocycles. The summed E-state index contributed by atoms with van der Waals surface area (Å²) in [5.74, 6) is 5.68. The van der Waals surface area contributed by atoms with Gasteiger partial charge in [-0.25, -0.2) is 0 Å². The lowest BCUT2D eigenvalue weighted by Gasteiger charge is -2.16. The largest absolute Gasteiger partial charge is 0.271 e. The van der Waals surface area contributed by atoms with Gasteiger partial charge in [0.1, 0.15) is 0 Å². The summed E-state index contributed by atoms with van der Waals surface area (Å²) in [5, 5.41) is 2.49. The summed E-state index contributed by atoms with van der Waals surface area (Å²) in [7, 11) is 0. The number of nitrogens with zero attached hydrogens (tertiary/aromatic N) is 2. The Morgan fingerprint density at radius 3 is 2.70 bits per heavy atom. The molecular formula is C16H16N4. The standard InChI is InChI=1S/C16H16N4/c17-20-15(16-11-18-8-9-19-16)10-13-6-3-5-12-4-1-2-7-14(12)13/h1-9,11,15,20H,10,17H2. The highest BCUT2D eigenvalue weighted by Crippen LogP contribution is 2.23. The van der Waals surface area contributed by atoms with Crippen molar-refractivity contribution in [1.29, 1.82) is 0 Å². The van der Waals surface area contributed by atoms with E-state index in [1.54, 1.807) is 18.6 Å². The van der Waals surface area contributed by atoms with Crippen molar-refractivity contribution >= 4 is 10.8 Å². The van der Waals surface area contributed by atoms with Crippen LogP contribution in [0.2, 0.25) is 0 Å². The summed E-state index contributed by atoms with van der Waals surface area (Å²) in [6, 6.07) is 14.6. The first-order valence-electron chi connectivity index (χ1n) is 6.57. The van der Waals surface area contributed by atoms with Crippen molar-refractivity contribution in [2.75, 3.05) is 0 Å².